The second-order valence-electron chi connectivity index (χ2n) is 4.35. The minimum absolute atomic E-state index is 0.00326. The standard InChI is InChI=1S/C12H14N4O4S/c1-16-12(13-8-14-16)15-21(19,20)10-5-2-9(3-6-10)4-7-11(17)18/h2-3,5-6,8H,4,7H2,1H3,(H,17,18)(H,13,14,15). The van der Waals surface area contributed by atoms with Crippen LogP contribution in [0, 0.1) is 0 Å². The van der Waals surface area contributed by atoms with Gasteiger partial charge in [-0.3, -0.25) is 4.79 Å². The molecule has 0 aliphatic heterocycles. The van der Waals surface area contributed by atoms with Crippen molar-refractivity contribution in [1.29, 1.82) is 0 Å². The van der Waals surface area contributed by atoms with E-state index in [0.29, 0.717) is 6.42 Å². The van der Waals surface area contributed by atoms with E-state index in [1.165, 1.54) is 23.1 Å². The van der Waals surface area contributed by atoms with Gasteiger partial charge in [-0.1, -0.05) is 12.1 Å². The van der Waals surface area contributed by atoms with Crippen molar-refractivity contribution in [3.8, 4) is 0 Å². The SMILES string of the molecule is Cn1ncnc1NS(=O)(=O)c1ccc(CCC(=O)O)cc1. The van der Waals surface area contributed by atoms with Crippen LogP contribution in [0.3, 0.4) is 0 Å². The minimum atomic E-state index is -3.74. The highest BCUT2D eigenvalue weighted by molar-refractivity contribution is 7.92. The highest BCUT2D eigenvalue weighted by Gasteiger charge is 2.16. The summed E-state index contributed by atoms with van der Waals surface area (Å²) in [6, 6.07) is 6.04. The largest absolute Gasteiger partial charge is 0.481 e. The number of hydrogen-bond acceptors (Lipinski definition) is 5. The predicted molar refractivity (Wildman–Crippen MR) is 74.2 cm³/mol. The summed E-state index contributed by atoms with van der Waals surface area (Å²) in [6.07, 6.45) is 1.60. The Balaban J connectivity index is 2.13. The number of hydrogen-bond donors (Lipinski definition) is 2. The summed E-state index contributed by atoms with van der Waals surface area (Å²) >= 11 is 0. The lowest BCUT2D eigenvalue weighted by Gasteiger charge is -2.07. The smallest absolute Gasteiger partial charge is 0.303 e. The Morgan fingerprint density at radius 3 is 2.52 bits per heavy atom. The second-order valence-corrected chi connectivity index (χ2v) is 6.03. The maximum atomic E-state index is 12.1. The fraction of sp³-hybridized carbons (Fsp3) is 0.250. The Kier molecular flexibility index (Phi) is 4.22. The number of rotatable bonds is 6. The van der Waals surface area contributed by atoms with Crippen molar-refractivity contribution in [2.75, 3.05) is 4.72 Å². The number of sulfonamides is 1. The van der Waals surface area contributed by atoms with E-state index in [2.05, 4.69) is 14.8 Å². The molecule has 9 heteroatoms. The van der Waals surface area contributed by atoms with Gasteiger partial charge in [0.25, 0.3) is 10.0 Å². The number of carboxylic acid groups (broad SMARTS) is 1. The lowest BCUT2D eigenvalue weighted by molar-refractivity contribution is -0.136. The quantitative estimate of drug-likeness (QED) is 0.809. The van der Waals surface area contributed by atoms with Gasteiger partial charge in [-0.05, 0) is 24.1 Å². The van der Waals surface area contributed by atoms with Crippen molar-refractivity contribution < 1.29 is 18.3 Å². The lowest BCUT2D eigenvalue weighted by Crippen LogP contribution is -2.16. The number of anilines is 1. The number of aryl methyl sites for hydroxylation is 2. The van der Waals surface area contributed by atoms with Crippen LogP contribution in [-0.2, 0) is 28.3 Å². The maximum absolute atomic E-state index is 12.1. The summed E-state index contributed by atoms with van der Waals surface area (Å²) in [5.41, 5.74) is 0.759. The van der Waals surface area contributed by atoms with E-state index in [4.69, 9.17) is 5.11 Å². The summed E-state index contributed by atoms with van der Waals surface area (Å²) in [6.45, 7) is 0. The van der Waals surface area contributed by atoms with Crippen LogP contribution < -0.4 is 4.72 Å². The Labute approximate surface area is 121 Å². The number of benzene rings is 1. The molecule has 0 saturated carbocycles. The summed E-state index contributed by atoms with van der Waals surface area (Å²) in [4.78, 5) is 14.4. The van der Waals surface area contributed by atoms with Gasteiger partial charge in [0.1, 0.15) is 6.33 Å². The number of nitrogens with one attached hydrogen (secondary N) is 1. The molecule has 1 heterocycles. The molecule has 0 aliphatic rings. The van der Waals surface area contributed by atoms with Crippen LogP contribution in [0.4, 0.5) is 5.95 Å². The summed E-state index contributed by atoms with van der Waals surface area (Å²) in [5.74, 6) is -0.777. The highest BCUT2D eigenvalue weighted by atomic mass is 32.2. The molecule has 0 unspecified atom stereocenters. The fourth-order valence-electron chi connectivity index (χ4n) is 1.65. The first-order valence-corrected chi connectivity index (χ1v) is 7.54. The van der Waals surface area contributed by atoms with Gasteiger partial charge in [-0.15, -0.1) is 0 Å². The van der Waals surface area contributed by atoms with Gasteiger partial charge >= 0.3 is 5.97 Å². The second kappa shape index (κ2) is 5.92. The number of carbonyl (C=O) groups is 1. The zero-order valence-corrected chi connectivity index (χ0v) is 12.0. The van der Waals surface area contributed by atoms with E-state index >= 15 is 0 Å². The first kappa shape index (κ1) is 15.0. The molecule has 0 atom stereocenters. The topological polar surface area (TPSA) is 114 Å². The van der Waals surface area contributed by atoms with Crippen LogP contribution in [0.25, 0.3) is 0 Å². The normalized spacial score (nSPS) is 11.3. The summed E-state index contributed by atoms with van der Waals surface area (Å²) in [5, 5.41) is 12.4. The maximum Gasteiger partial charge on any atom is 0.303 e. The molecule has 0 fully saturated rings. The molecule has 0 saturated heterocycles. The third-order valence-electron chi connectivity index (χ3n) is 2.80. The number of carboxylic acids is 1. The van der Waals surface area contributed by atoms with Gasteiger partial charge in [-0.25, -0.2) is 17.8 Å². The third-order valence-corrected chi connectivity index (χ3v) is 4.14. The van der Waals surface area contributed by atoms with Crippen molar-refractivity contribution in [3.05, 3.63) is 36.2 Å². The third kappa shape index (κ3) is 3.78. The molecule has 0 amide bonds. The molecule has 1 aromatic heterocycles. The van der Waals surface area contributed by atoms with Gasteiger partial charge < -0.3 is 5.11 Å². The first-order chi connectivity index (χ1) is 9.88. The van der Waals surface area contributed by atoms with Gasteiger partial charge in [0.05, 0.1) is 4.90 Å². The van der Waals surface area contributed by atoms with Gasteiger partial charge in [0.2, 0.25) is 5.95 Å². The minimum Gasteiger partial charge on any atom is -0.481 e. The van der Waals surface area contributed by atoms with Crippen LogP contribution in [0.5, 0.6) is 0 Å². The van der Waals surface area contributed by atoms with Crippen LogP contribution >= 0.6 is 0 Å². The Bertz CT molecular complexity index is 737. The van der Waals surface area contributed by atoms with Crippen LogP contribution in [-0.4, -0.2) is 34.3 Å². The molecular formula is C12H14N4O4S. The molecular weight excluding hydrogens is 296 g/mol. The van der Waals surface area contributed by atoms with Gasteiger partial charge in [0.15, 0.2) is 0 Å². The van der Waals surface area contributed by atoms with E-state index < -0.39 is 16.0 Å². The summed E-state index contributed by atoms with van der Waals surface area (Å²) in [7, 11) is -2.17. The average Bonchev–Trinajstić information content (AvgIpc) is 2.82. The van der Waals surface area contributed by atoms with Crippen molar-refractivity contribution in [2.24, 2.45) is 7.05 Å². The molecule has 21 heavy (non-hydrogen) atoms. The fourth-order valence-corrected chi connectivity index (χ4v) is 2.69. The highest BCUT2D eigenvalue weighted by Crippen LogP contribution is 2.15. The zero-order valence-electron chi connectivity index (χ0n) is 11.2. The van der Waals surface area contributed by atoms with E-state index in [0.717, 1.165) is 5.56 Å². The Hall–Kier alpha value is -2.42. The van der Waals surface area contributed by atoms with Crippen LogP contribution in [0.1, 0.15) is 12.0 Å². The molecule has 2 aromatic rings. The first-order valence-electron chi connectivity index (χ1n) is 6.06. The van der Waals surface area contributed by atoms with Crippen molar-refractivity contribution in [2.45, 2.75) is 17.7 Å². The Morgan fingerprint density at radius 1 is 1.33 bits per heavy atom. The number of nitrogens with zero attached hydrogens (tertiary/aromatic N) is 3. The summed E-state index contributed by atoms with van der Waals surface area (Å²) < 4.78 is 27.9. The molecule has 112 valence electrons. The van der Waals surface area contributed by atoms with E-state index in [-0.39, 0.29) is 17.3 Å². The average molecular weight is 310 g/mol. The molecule has 0 spiro atoms. The van der Waals surface area contributed by atoms with Crippen molar-refractivity contribution in [1.82, 2.24) is 14.8 Å². The monoisotopic (exact) mass is 310 g/mol. The molecule has 1 aromatic carbocycles. The molecule has 0 radical (unpaired) electrons. The van der Waals surface area contributed by atoms with E-state index in [9.17, 15) is 13.2 Å². The van der Waals surface area contributed by atoms with Crippen molar-refractivity contribution in [3.63, 3.8) is 0 Å². The molecule has 0 aliphatic carbocycles. The number of aromatic nitrogens is 3. The molecule has 2 N–H and O–H groups in total. The molecule has 8 nitrogen and oxygen atoms in total. The molecule has 2 rings (SSSR count). The van der Waals surface area contributed by atoms with Gasteiger partial charge in [-0.2, -0.15) is 10.1 Å². The van der Waals surface area contributed by atoms with Crippen molar-refractivity contribution >= 4 is 21.9 Å². The lowest BCUT2D eigenvalue weighted by atomic mass is 10.1. The predicted octanol–water partition coefficient (Wildman–Crippen LogP) is 0.633. The van der Waals surface area contributed by atoms with Crippen LogP contribution in [0.2, 0.25) is 0 Å². The van der Waals surface area contributed by atoms with E-state index in [1.807, 2.05) is 0 Å². The zero-order chi connectivity index (χ0) is 15.5. The van der Waals surface area contributed by atoms with E-state index in [1.54, 1.807) is 19.2 Å². The van der Waals surface area contributed by atoms with Gasteiger partial charge in [0, 0.05) is 13.5 Å². The van der Waals surface area contributed by atoms with Crippen LogP contribution in [0.15, 0.2) is 35.5 Å². The number of aliphatic carboxylic acids is 1. The Morgan fingerprint density at radius 2 is 2.00 bits per heavy atom. The molecule has 0 bridgehead atoms.